The fraction of sp³-hybridized carbons (Fsp3) is 0.684. The maximum Gasteiger partial charge on any atom is 0.233 e. The molecule has 1 aliphatic carbocycles. The Morgan fingerprint density at radius 2 is 2.30 bits per heavy atom. The summed E-state index contributed by atoms with van der Waals surface area (Å²) < 4.78 is 5.04. The average molecular weight is 377 g/mol. The van der Waals surface area contributed by atoms with Crippen molar-refractivity contribution in [1.82, 2.24) is 15.1 Å². The topological polar surface area (TPSA) is 104 Å². The molecule has 0 bridgehead atoms. The first-order chi connectivity index (χ1) is 13.0. The summed E-state index contributed by atoms with van der Waals surface area (Å²) in [6.07, 6.45) is 6.97. The Hall–Kier alpha value is -2.22. The molecule has 1 saturated carbocycles. The molecular weight excluding hydrogens is 350 g/mol. The van der Waals surface area contributed by atoms with Crippen LogP contribution in [0.4, 0.5) is 0 Å². The quantitative estimate of drug-likeness (QED) is 0.379. The van der Waals surface area contributed by atoms with Gasteiger partial charge in [-0.2, -0.15) is 0 Å². The third-order valence-corrected chi connectivity index (χ3v) is 5.74. The molecule has 27 heavy (non-hydrogen) atoms. The molecule has 1 aromatic rings. The number of aromatic nitrogens is 1. The van der Waals surface area contributed by atoms with Crippen LogP contribution in [0.5, 0.6) is 0 Å². The van der Waals surface area contributed by atoms with Gasteiger partial charge in [0.05, 0.1) is 31.1 Å². The Kier molecular flexibility index (Phi) is 5.94. The summed E-state index contributed by atoms with van der Waals surface area (Å²) in [4.78, 5) is 38.6. The van der Waals surface area contributed by atoms with Gasteiger partial charge in [-0.05, 0) is 31.1 Å². The largest absolute Gasteiger partial charge is 0.361 e. The minimum atomic E-state index is -0.505. The predicted molar refractivity (Wildman–Crippen MR) is 94.6 cm³/mol. The molecule has 1 aromatic heterocycles. The van der Waals surface area contributed by atoms with Crippen molar-refractivity contribution in [3.63, 3.8) is 0 Å². The molecule has 0 aromatic carbocycles. The average Bonchev–Trinajstić information content (AvgIpc) is 3.05. The van der Waals surface area contributed by atoms with Gasteiger partial charge in [-0.25, -0.2) is 5.06 Å². The Morgan fingerprint density at radius 1 is 1.52 bits per heavy atom. The van der Waals surface area contributed by atoms with Crippen molar-refractivity contribution in [1.29, 1.82) is 0 Å². The molecule has 1 aliphatic heterocycles. The zero-order chi connectivity index (χ0) is 19.4. The number of hydrogen-bond donors (Lipinski definition) is 1. The highest BCUT2D eigenvalue weighted by Crippen LogP contribution is 2.55. The molecule has 2 aliphatic rings. The van der Waals surface area contributed by atoms with E-state index in [0.717, 1.165) is 25.7 Å². The van der Waals surface area contributed by atoms with E-state index >= 15 is 0 Å². The third kappa shape index (κ3) is 4.55. The molecule has 1 spiro atoms. The lowest BCUT2D eigenvalue weighted by Gasteiger charge is -2.29. The van der Waals surface area contributed by atoms with Crippen molar-refractivity contribution in [2.45, 2.75) is 57.9 Å². The number of Topliss-reactive ketones (excluding diaryl/α,β-unsaturated/α-hetero) is 1. The number of nitrogens with zero attached hydrogens (tertiary/aromatic N) is 3. The maximum atomic E-state index is 13.2. The molecule has 1 saturated heterocycles. The normalized spacial score (nSPS) is 21.3. The second-order valence-corrected chi connectivity index (χ2v) is 7.87. The third-order valence-electron chi connectivity index (χ3n) is 5.74. The van der Waals surface area contributed by atoms with Crippen LogP contribution in [0.25, 0.3) is 0 Å². The van der Waals surface area contributed by atoms with E-state index in [1.807, 2.05) is 6.92 Å². The maximum absolute atomic E-state index is 13.2. The van der Waals surface area contributed by atoms with Gasteiger partial charge in [-0.15, -0.1) is 0 Å². The lowest BCUT2D eigenvalue weighted by molar-refractivity contribution is -0.158. The van der Waals surface area contributed by atoms with Gasteiger partial charge in [-0.3, -0.25) is 19.6 Å². The van der Waals surface area contributed by atoms with E-state index in [2.05, 4.69) is 5.16 Å². The monoisotopic (exact) mass is 377 g/mol. The van der Waals surface area contributed by atoms with Crippen molar-refractivity contribution in [2.24, 2.45) is 11.3 Å². The van der Waals surface area contributed by atoms with Crippen LogP contribution >= 0.6 is 0 Å². The first-order valence-electron chi connectivity index (χ1n) is 9.61. The summed E-state index contributed by atoms with van der Waals surface area (Å²) in [5.74, 6) is -0.206. The number of unbranched alkanes of at least 4 members (excludes halogenated alkanes) is 1. The fourth-order valence-corrected chi connectivity index (χ4v) is 3.98. The van der Waals surface area contributed by atoms with E-state index in [-0.39, 0.29) is 30.1 Å². The van der Waals surface area contributed by atoms with Crippen molar-refractivity contribution >= 4 is 18.1 Å². The number of likely N-dealkylation sites (tertiary alicyclic amines) is 1. The lowest BCUT2D eigenvalue weighted by atomic mass is 9.97. The van der Waals surface area contributed by atoms with Gasteiger partial charge in [0.1, 0.15) is 5.76 Å². The summed E-state index contributed by atoms with van der Waals surface area (Å²) in [6.45, 7) is 2.55. The lowest BCUT2D eigenvalue weighted by Crippen LogP contribution is -2.46. The minimum absolute atomic E-state index is 0.0468. The first-order valence-corrected chi connectivity index (χ1v) is 9.61. The predicted octanol–water partition coefficient (Wildman–Crippen LogP) is 1.82. The zero-order valence-electron chi connectivity index (χ0n) is 15.7. The summed E-state index contributed by atoms with van der Waals surface area (Å²) in [6, 6.07) is 1.18. The number of carbonyl (C=O) groups is 3. The number of hydroxylamine groups is 2. The molecule has 0 radical (unpaired) electrons. The number of ketones is 1. The number of rotatable bonds is 10. The van der Waals surface area contributed by atoms with Gasteiger partial charge in [0.2, 0.25) is 12.3 Å². The molecule has 8 heteroatoms. The molecule has 0 unspecified atom stereocenters. The molecule has 3 rings (SSSR count). The van der Waals surface area contributed by atoms with Gasteiger partial charge in [0, 0.05) is 12.6 Å². The molecule has 2 heterocycles. The second-order valence-electron chi connectivity index (χ2n) is 7.87. The Bertz CT molecular complexity index is 671. The summed E-state index contributed by atoms with van der Waals surface area (Å²) in [5.41, 5.74) is 0.0657. The highest BCUT2D eigenvalue weighted by atomic mass is 16.5. The van der Waals surface area contributed by atoms with Crippen LogP contribution < -0.4 is 0 Å². The van der Waals surface area contributed by atoms with Gasteiger partial charge < -0.3 is 9.42 Å². The molecule has 148 valence electrons. The SMILES string of the molecule is CCCC[C@H](CN(O)C=O)C(=O)N1CC2(CC2)C[C@H]1C(=O)Cc1ccno1. The van der Waals surface area contributed by atoms with E-state index in [1.165, 1.54) is 6.20 Å². The van der Waals surface area contributed by atoms with E-state index in [1.54, 1.807) is 11.0 Å². The highest BCUT2D eigenvalue weighted by molar-refractivity contribution is 5.91. The Balaban J connectivity index is 1.74. The van der Waals surface area contributed by atoms with Gasteiger partial charge in [-0.1, -0.05) is 24.9 Å². The standard InChI is InChI=1S/C19H27N3O5/c1-2-3-4-14(11-21(26)13-23)18(25)22-12-19(6-7-19)10-16(22)17(24)9-15-5-8-20-27-15/h5,8,13-14,16,26H,2-4,6-7,9-12H2,1H3/t14-,16+/m1/s1. The minimum Gasteiger partial charge on any atom is -0.361 e. The Morgan fingerprint density at radius 3 is 2.89 bits per heavy atom. The molecule has 2 amide bonds. The number of hydrogen-bond acceptors (Lipinski definition) is 6. The summed E-state index contributed by atoms with van der Waals surface area (Å²) in [5, 5.41) is 13.7. The zero-order valence-corrected chi connectivity index (χ0v) is 15.7. The van der Waals surface area contributed by atoms with Crippen LogP contribution in [-0.4, -0.2) is 57.6 Å². The van der Waals surface area contributed by atoms with Gasteiger partial charge in [0.15, 0.2) is 5.78 Å². The van der Waals surface area contributed by atoms with Gasteiger partial charge in [0.25, 0.3) is 0 Å². The molecular formula is C19H27N3O5. The Labute approximate surface area is 158 Å². The van der Waals surface area contributed by atoms with E-state index in [4.69, 9.17) is 4.52 Å². The van der Waals surface area contributed by atoms with Crippen LogP contribution in [-0.2, 0) is 20.8 Å². The van der Waals surface area contributed by atoms with Crippen LogP contribution in [0.15, 0.2) is 16.8 Å². The van der Waals surface area contributed by atoms with Crippen LogP contribution in [0, 0.1) is 11.3 Å². The van der Waals surface area contributed by atoms with E-state index in [0.29, 0.717) is 36.6 Å². The molecule has 2 atom stereocenters. The van der Waals surface area contributed by atoms with Crippen LogP contribution in [0.1, 0.15) is 51.2 Å². The number of carbonyl (C=O) groups excluding carboxylic acids is 3. The fourth-order valence-electron chi connectivity index (χ4n) is 3.98. The van der Waals surface area contributed by atoms with Crippen molar-refractivity contribution in [3.05, 3.63) is 18.0 Å². The van der Waals surface area contributed by atoms with Crippen LogP contribution in [0.3, 0.4) is 0 Å². The summed E-state index contributed by atoms with van der Waals surface area (Å²) in [7, 11) is 0. The molecule has 2 fully saturated rings. The molecule has 1 N–H and O–H groups in total. The highest BCUT2D eigenvalue weighted by Gasteiger charge is 2.55. The van der Waals surface area contributed by atoms with Gasteiger partial charge >= 0.3 is 0 Å². The van der Waals surface area contributed by atoms with E-state index < -0.39 is 12.0 Å². The van der Waals surface area contributed by atoms with E-state index in [9.17, 15) is 19.6 Å². The van der Waals surface area contributed by atoms with Crippen molar-refractivity contribution < 1.29 is 24.1 Å². The molecule has 8 nitrogen and oxygen atoms in total. The first kappa shape index (κ1) is 19.5. The summed E-state index contributed by atoms with van der Waals surface area (Å²) >= 11 is 0. The van der Waals surface area contributed by atoms with Crippen molar-refractivity contribution in [2.75, 3.05) is 13.1 Å². The second kappa shape index (κ2) is 8.21. The number of amides is 2. The smallest absolute Gasteiger partial charge is 0.233 e. The van der Waals surface area contributed by atoms with Crippen LogP contribution in [0.2, 0.25) is 0 Å². The van der Waals surface area contributed by atoms with Crippen molar-refractivity contribution in [3.8, 4) is 0 Å².